The van der Waals surface area contributed by atoms with Crippen molar-refractivity contribution in [3.8, 4) is 0 Å². The standard InChI is InChI=1S/C20H27N3O3/c1-13(2)19-22-20(26-23-19)18(16-7-9-25-10-8-16)21-17(24)12-15-6-4-5-14(3)11-15/h4-6,11,13,16,18H,7-10,12H2,1-3H3,(H,21,24)/t18-/m1/s1. The molecular formula is C20H27N3O3. The molecule has 0 spiro atoms. The predicted octanol–water partition coefficient (Wildman–Crippen LogP) is 3.33. The molecule has 1 aliphatic rings. The van der Waals surface area contributed by atoms with Gasteiger partial charge in [0.05, 0.1) is 6.42 Å². The van der Waals surface area contributed by atoms with E-state index in [1.54, 1.807) is 0 Å². The zero-order valence-corrected chi connectivity index (χ0v) is 15.7. The Kier molecular flexibility index (Phi) is 6.04. The molecule has 0 aliphatic carbocycles. The molecule has 26 heavy (non-hydrogen) atoms. The van der Waals surface area contributed by atoms with Crippen molar-refractivity contribution in [1.29, 1.82) is 0 Å². The first kappa shape index (κ1) is 18.6. The van der Waals surface area contributed by atoms with Crippen LogP contribution in [0.25, 0.3) is 0 Å². The van der Waals surface area contributed by atoms with Crippen LogP contribution in [0.3, 0.4) is 0 Å². The van der Waals surface area contributed by atoms with Gasteiger partial charge in [0.1, 0.15) is 6.04 Å². The first-order valence-electron chi connectivity index (χ1n) is 9.29. The normalized spacial score (nSPS) is 16.6. The first-order chi connectivity index (χ1) is 12.5. The van der Waals surface area contributed by atoms with Crippen molar-refractivity contribution in [3.05, 3.63) is 47.1 Å². The summed E-state index contributed by atoms with van der Waals surface area (Å²) in [5.74, 6) is 1.57. The third-order valence-corrected chi connectivity index (χ3v) is 4.74. The molecule has 1 amide bonds. The Hall–Kier alpha value is -2.21. The monoisotopic (exact) mass is 357 g/mol. The van der Waals surface area contributed by atoms with Crippen molar-refractivity contribution in [2.45, 2.75) is 52.0 Å². The van der Waals surface area contributed by atoms with Gasteiger partial charge in [0.15, 0.2) is 5.82 Å². The quantitative estimate of drug-likeness (QED) is 0.858. The molecule has 1 aromatic heterocycles. The summed E-state index contributed by atoms with van der Waals surface area (Å²) in [5, 5.41) is 7.20. The maximum Gasteiger partial charge on any atom is 0.249 e. The SMILES string of the molecule is Cc1cccc(CC(=O)N[C@@H](c2nc(C(C)C)no2)C2CCOCC2)c1. The van der Waals surface area contributed by atoms with Gasteiger partial charge in [0.25, 0.3) is 0 Å². The number of nitrogens with zero attached hydrogens (tertiary/aromatic N) is 2. The molecule has 0 unspecified atom stereocenters. The minimum atomic E-state index is -0.267. The van der Waals surface area contributed by atoms with Gasteiger partial charge >= 0.3 is 0 Å². The second kappa shape index (κ2) is 8.45. The van der Waals surface area contributed by atoms with Crippen LogP contribution in [0.5, 0.6) is 0 Å². The van der Waals surface area contributed by atoms with Crippen LogP contribution in [0.4, 0.5) is 0 Å². The smallest absolute Gasteiger partial charge is 0.249 e. The lowest BCUT2D eigenvalue weighted by atomic mass is 9.91. The number of nitrogens with one attached hydrogen (secondary N) is 1. The highest BCUT2D eigenvalue weighted by Gasteiger charge is 2.31. The molecule has 1 saturated heterocycles. The van der Waals surface area contributed by atoms with Gasteiger partial charge in [0.2, 0.25) is 11.8 Å². The molecule has 1 aromatic carbocycles. The zero-order chi connectivity index (χ0) is 18.5. The Morgan fingerprint density at radius 3 is 2.73 bits per heavy atom. The Balaban J connectivity index is 1.75. The lowest BCUT2D eigenvalue weighted by molar-refractivity contribution is -0.122. The van der Waals surface area contributed by atoms with Gasteiger partial charge in [-0.25, -0.2) is 0 Å². The molecule has 1 fully saturated rings. The number of benzene rings is 1. The predicted molar refractivity (Wildman–Crippen MR) is 97.7 cm³/mol. The minimum absolute atomic E-state index is 0.0311. The zero-order valence-electron chi connectivity index (χ0n) is 15.7. The van der Waals surface area contributed by atoms with Crippen molar-refractivity contribution in [1.82, 2.24) is 15.5 Å². The number of aryl methyl sites for hydroxylation is 1. The van der Waals surface area contributed by atoms with E-state index in [0.717, 1.165) is 24.0 Å². The Morgan fingerprint density at radius 2 is 2.08 bits per heavy atom. The fraction of sp³-hybridized carbons (Fsp3) is 0.550. The minimum Gasteiger partial charge on any atom is -0.381 e. The van der Waals surface area contributed by atoms with Crippen molar-refractivity contribution < 1.29 is 14.1 Å². The lowest BCUT2D eigenvalue weighted by Gasteiger charge is -2.28. The summed E-state index contributed by atoms with van der Waals surface area (Å²) in [7, 11) is 0. The average Bonchev–Trinajstić information content (AvgIpc) is 3.10. The van der Waals surface area contributed by atoms with E-state index in [9.17, 15) is 4.79 Å². The third kappa shape index (κ3) is 4.69. The van der Waals surface area contributed by atoms with Crippen LogP contribution in [0.1, 0.15) is 61.5 Å². The van der Waals surface area contributed by atoms with E-state index in [1.165, 1.54) is 0 Å². The fourth-order valence-corrected chi connectivity index (χ4v) is 3.27. The van der Waals surface area contributed by atoms with Gasteiger partial charge in [-0.1, -0.05) is 48.8 Å². The first-order valence-corrected chi connectivity index (χ1v) is 9.29. The number of carbonyl (C=O) groups is 1. The fourth-order valence-electron chi connectivity index (χ4n) is 3.27. The number of carbonyl (C=O) groups excluding carboxylic acids is 1. The molecule has 2 aromatic rings. The van der Waals surface area contributed by atoms with E-state index < -0.39 is 0 Å². The van der Waals surface area contributed by atoms with Gasteiger partial charge in [-0.15, -0.1) is 0 Å². The highest BCUT2D eigenvalue weighted by atomic mass is 16.5. The number of hydrogen-bond donors (Lipinski definition) is 1. The summed E-state index contributed by atoms with van der Waals surface area (Å²) >= 11 is 0. The molecule has 140 valence electrons. The van der Waals surface area contributed by atoms with Crippen molar-refractivity contribution in [2.24, 2.45) is 5.92 Å². The van der Waals surface area contributed by atoms with Gasteiger partial charge < -0.3 is 14.6 Å². The van der Waals surface area contributed by atoms with Crippen LogP contribution in [-0.2, 0) is 16.0 Å². The van der Waals surface area contributed by atoms with E-state index in [0.29, 0.717) is 31.3 Å². The van der Waals surface area contributed by atoms with E-state index >= 15 is 0 Å². The summed E-state index contributed by atoms with van der Waals surface area (Å²) in [6.07, 6.45) is 2.08. The topological polar surface area (TPSA) is 77.3 Å². The molecule has 0 radical (unpaired) electrons. The van der Waals surface area contributed by atoms with E-state index in [2.05, 4.69) is 15.5 Å². The summed E-state index contributed by atoms with van der Waals surface area (Å²) in [4.78, 5) is 17.2. The van der Waals surface area contributed by atoms with Gasteiger partial charge in [-0.3, -0.25) is 4.79 Å². The second-order valence-electron chi connectivity index (χ2n) is 7.31. The second-order valence-corrected chi connectivity index (χ2v) is 7.31. The Labute approximate surface area is 154 Å². The Bertz CT molecular complexity index is 735. The molecule has 1 atom stereocenters. The highest BCUT2D eigenvalue weighted by Crippen LogP contribution is 2.30. The maximum atomic E-state index is 12.7. The number of rotatable bonds is 6. The number of hydrogen-bond acceptors (Lipinski definition) is 5. The van der Waals surface area contributed by atoms with Crippen molar-refractivity contribution in [3.63, 3.8) is 0 Å². The van der Waals surface area contributed by atoms with Crippen LogP contribution < -0.4 is 5.32 Å². The summed E-state index contributed by atoms with van der Waals surface area (Å²) in [5.41, 5.74) is 2.15. The van der Waals surface area contributed by atoms with Crippen LogP contribution in [-0.4, -0.2) is 29.3 Å². The molecule has 0 bridgehead atoms. The van der Waals surface area contributed by atoms with Crippen LogP contribution in [0, 0.1) is 12.8 Å². The molecule has 1 aliphatic heterocycles. The van der Waals surface area contributed by atoms with Crippen molar-refractivity contribution in [2.75, 3.05) is 13.2 Å². The van der Waals surface area contributed by atoms with Crippen LogP contribution in [0.15, 0.2) is 28.8 Å². The summed E-state index contributed by atoms with van der Waals surface area (Å²) < 4.78 is 11.0. The molecule has 6 heteroatoms. The lowest BCUT2D eigenvalue weighted by Crippen LogP contribution is -2.37. The van der Waals surface area contributed by atoms with Crippen molar-refractivity contribution >= 4 is 5.91 Å². The summed E-state index contributed by atoms with van der Waals surface area (Å²) in [6.45, 7) is 7.46. The van der Waals surface area contributed by atoms with Crippen LogP contribution >= 0.6 is 0 Å². The Morgan fingerprint density at radius 1 is 1.31 bits per heavy atom. The van der Waals surface area contributed by atoms with E-state index in [1.807, 2.05) is 45.0 Å². The van der Waals surface area contributed by atoms with Crippen LogP contribution in [0.2, 0.25) is 0 Å². The number of amides is 1. The van der Waals surface area contributed by atoms with Gasteiger partial charge in [-0.2, -0.15) is 4.98 Å². The maximum absolute atomic E-state index is 12.7. The molecule has 1 N–H and O–H groups in total. The van der Waals surface area contributed by atoms with Gasteiger partial charge in [0, 0.05) is 19.1 Å². The molecule has 0 saturated carbocycles. The molecule has 3 rings (SSSR count). The van der Waals surface area contributed by atoms with E-state index in [4.69, 9.17) is 9.26 Å². The van der Waals surface area contributed by atoms with Gasteiger partial charge in [-0.05, 0) is 31.2 Å². The van der Waals surface area contributed by atoms with E-state index in [-0.39, 0.29) is 23.8 Å². The summed E-state index contributed by atoms with van der Waals surface area (Å²) in [6, 6.07) is 7.74. The molecule has 2 heterocycles. The molecular weight excluding hydrogens is 330 g/mol. The number of aromatic nitrogens is 2. The average molecular weight is 357 g/mol. The third-order valence-electron chi connectivity index (χ3n) is 4.74. The largest absolute Gasteiger partial charge is 0.381 e. The highest BCUT2D eigenvalue weighted by molar-refractivity contribution is 5.79. The number of ether oxygens (including phenoxy) is 1. The molecule has 6 nitrogen and oxygen atoms in total.